The fourth-order valence-electron chi connectivity index (χ4n) is 2.43. The third-order valence-electron chi connectivity index (χ3n) is 3.70. The lowest BCUT2D eigenvalue weighted by atomic mass is 10.2. The van der Waals surface area contributed by atoms with E-state index in [-0.39, 0.29) is 12.2 Å². The maximum Gasteiger partial charge on any atom is 0.290 e. The van der Waals surface area contributed by atoms with Crippen LogP contribution in [0.15, 0.2) is 51.9 Å². The van der Waals surface area contributed by atoms with Gasteiger partial charge in [-0.3, -0.25) is 9.59 Å². The minimum absolute atomic E-state index is 0.0350. The summed E-state index contributed by atoms with van der Waals surface area (Å²) in [5, 5.41) is 6.82. The molecule has 9 nitrogen and oxygen atoms in total. The summed E-state index contributed by atoms with van der Waals surface area (Å²) in [7, 11) is 3.01. The van der Waals surface area contributed by atoms with E-state index in [1.165, 1.54) is 26.5 Å². The summed E-state index contributed by atoms with van der Waals surface area (Å²) in [5.41, 5.74) is 5.96. The van der Waals surface area contributed by atoms with Crippen LogP contribution in [0.3, 0.4) is 0 Å². The molecule has 9 heteroatoms. The second-order valence-corrected chi connectivity index (χ2v) is 5.57. The number of nitrogens with two attached hydrogens (primary N) is 1. The number of nitrogen functional groups attached to an aromatic ring is 1. The number of nitrogens with one attached hydrogen (secondary N) is 1. The van der Waals surface area contributed by atoms with Gasteiger partial charge in [0.2, 0.25) is 5.91 Å². The first-order chi connectivity index (χ1) is 13.0. The normalized spacial score (nSPS) is 10.4. The van der Waals surface area contributed by atoms with E-state index < -0.39 is 11.5 Å². The molecule has 0 aliphatic carbocycles. The van der Waals surface area contributed by atoms with Gasteiger partial charge in [0.05, 0.1) is 20.5 Å². The van der Waals surface area contributed by atoms with Gasteiger partial charge < -0.3 is 24.9 Å². The van der Waals surface area contributed by atoms with E-state index in [0.717, 1.165) is 4.68 Å². The van der Waals surface area contributed by atoms with Crippen LogP contribution in [0.2, 0.25) is 0 Å². The Hall–Kier alpha value is -3.75. The number of methoxy groups -OCH3 is 2. The Balaban J connectivity index is 1.83. The van der Waals surface area contributed by atoms with Crippen molar-refractivity contribution in [1.82, 2.24) is 9.78 Å². The molecule has 1 amide bonds. The van der Waals surface area contributed by atoms with E-state index in [0.29, 0.717) is 28.6 Å². The smallest absolute Gasteiger partial charge is 0.290 e. The van der Waals surface area contributed by atoms with E-state index in [1.807, 2.05) is 0 Å². The van der Waals surface area contributed by atoms with Crippen LogP contribution in [0.5, 0.6) is 11.5 Å². The monoisotopic (exact) mass is 370 g/mol. The largest absolute Gasteiger partial charge is 0.497 e. The van der Waals surface area contributed by atoms with Crippen LogP contribution in [0.4, 0.5) is 11.4 Å². The standard InChI is InChI=1S/C18H18N4O5/c1-25-12-6-11(7-13(8-12)26-2)20-17(23)10-22-18(24)14(19)9-15(21-22)16-4-3-5-27-16/h3-9H,10,19H2,1-2H3,(H,20,23). The minimum Gasteiger partial charge on any atom is -0.497 e. The van der Waals surface area contributed by atoms with Crippen LogP contribution in [-0.4, -0.2) is 29.9 Å². The highest BCUT2D eigenvalue weighted by Crippen LogP contribution is 2.25. The molecule has 0 fully saturated rings. The average molecular weight is 370 g/mol. The lowest BCUT2D eigenvalue weighted by Crippen LogP contribution is -2.31. The zero-order chi connectivity index (χ0) is 19.4. The van der Waals surface area contributed by atoms with Gasteiger partial charge in [0.25, 0.3) is 5.56 Å². The van der Waals surface area contributed by atoms with Crippen molar-refractivity contribution in [3.63, 3.8) is 0 Å². The van der Waals surface area contributed by atoms with E-state index in [2.05, 4.69) is 10.4 Å². The minimum atomic E-state index is -0.566. The van der Waals surface area contributed by atoms with Crippen LogP contribution in [-0.2, 0) is 11.3 Å². The van der Waals surface area contributed by atoms with Crippen molar-refractivity contribution in [2.24, 2.45) is 0 Å². The van der Waals surface area contributed by atoms with Gasteiger partial charge in [0.1, 0.15) is 29.4 Å². The zero-order valence-corrected chi connectivity index (χ0v) is 14.8. The molecule has 0 aliphatic rings. The molecule has 27 heavy (non-hydrogen) atoms. The maximum absolute atomic E-state index is 12.4. The number of benzene rings is 1. The number of nitrogens with zero attached hydrogens (tertiary/aromatic N) is 2. The van der Waals surface area contributed by atoms with Gasteiger partial charge in [0.15, 0.2) is 5.76 Å². The first kappa shape index (κ1) is 18.1. The number of rotatable bonds is 6. The number of hydrogen-bond donors (Lipinski definition) is 2. The van der Waals surface area contributed by atoms with Gasteiger partial charge in [-0.25, -0.2) is 4.68 Å². The average Bonchev–Trinajstić information content (AvgIpc) is 3.19. The quantitative estimate of drug-likeness (QED) is 0.678. The van der Waals surface area contributed by atoms with Gasteiger partial charge in [-0.2, -0.15) is 5.10 Å². The molecular formula is C18H18N4O5. The van der Waals surface area contributed by atoms with Gasteiger partial charge in [0, 0.05) is 23.9 Å². The van der Waals surface area contributed by atoms with Crippen molar-refractivity contribution in [2.45, 2.75) is 6.54 Å². The Labute approximate surface area is 154 Å². The molecule has 0 unspecified atom stereocenters. The Kier molecular flexibility index (Phi) is 5.11. The van der Waals surface area contributed by atoms with Crippen molar-refractivity contribution in [3.8, 4) is 23.0 Å². The van der Waals surface area contributed by atoms with Gasteiger partial charge in [-0.15, -0.1) is 0 Å². The lowest BCUT2D eigenvalue weighted by Gasteiger charge is -2.11. The summed E-state index contributed by atoms with van der Waals surface area (Å²) in [6, 6.07) is 9.71. The second-order valence-electron chi connectivity index (χ2n) is 5.57. The number of aromatic nitrogens is 2. The second kappa shape index (κ2) is 7.65. The highest BCUT2D eigenvalue weighted by Gasteiger charge is 2.13. The number of carbonyl (C=O) groups is 1. The molecule has 3 aromatic rings. The molecule has 2 aromatic heterocycles. The molecule has 1 aromatic carbocycles. The summed E-state index contributed by atoms with van der Waals surface area (Å²) in [6.45, 7) is -0.322. The molecule has 0 bridgehead atoms. The molecule has 0 atom stereocenters. The number of amides is 1. The molecule has 0 spiro atoms. The highest BCUT2D eigenvalue weighted by atomic mass is 16.5. The SMILES string of the molecule is COc1cc(NC(=O)Cn2nc(-c3ccco3)cc(N)c2=O)cc(OC)c1. The number of hydrogen-bond acceptors (Lipinski definition) is 7. The number of ether oxygens (including phenoxy) is 2. The van der Waals surface area contributed by atoms with Gasteiger partial charge in [-0.1, -0.05) is 0 Å². The first-order valence-corrected chi connectivity index (χ1v) is 7.94. The van der Waals surface area contributed by atoms with E-state index >= 15 is 0 Å². The van der Waals surface area contributed by atoms with Crippen molar-refractivity contribution in [1.29, 1.82) is 0 Å². The third kappa shape index (κ3) is 4.09. The Morgan fingerprint density at radius 2 is 1.93 bits per heavy atom. The molecule has 140 valence electrons. The van der Waals surface area contributed by atoms with Gasteiger partial charge >= 0.3 is 0 Å². The van der Waals surface area contributed by atoms with E-state index in [9.17, 15) is 9.59 Å². The fourth-order valence-corrected chi connectivity index (χ4v) is 2.43. The molecule has 3 N–H and O–H groups in total. The first-order valence-electron chi connectivity index (χ1n) is 7.94. The molecule has 0 aliphatic heterocycles. The van der Waals surface area contributed by atoms with Crippen molar-refractivity contribution >= 4 is 17.3 Å². The Morgan fingerprint density at radius 1 is 1.22 bits per heavy atom. The van der Waals surface area contributed by atoms with E-state index in [4.69, 9.17) is 19.6 Å². The van der Waals surface area contributed by atoms with Crippen molar-refractivity contribution in [2.75, 3.05) is 25.3 Å². The number of anilines is 2. The molecule has 3 rings (SSSR count). The zero-order valence-electron chi connectivity index (χ0n) is 14.8. The summed E-state index contributed by atoms with van der Waals surface area (Å²) in [4.78, 5) is 24.6. The number of carbonyl (C=O) groups excluding carboxylic acids is 1. The highest BCUT2D eigenvalue weighted by molar-refractivity contribution is 5.91. The fraction of sp³-hybridized carbons (Fsp3) is 0.167. The molecule has 0 radical (unpaired) electrons. The van der Waals surface area contributed by atoms with Gasteiger partial charge in [-0.05, 0) is 18.2 Å². The molecular weight excluding hydrogens is 352 g/mol. The van der Waals surface area contributed by atoms with Crippen LogP contribution in [0.25, 0.3) is 11.5 Å². The molecule has 0 saturated heterocycles. The van der Waals surface area contributed by atoms with Crippen LogP contribution < -0.4 is 26.1 Å². The third-order valence-corrected chi connectivity index (χ3v) is 3.70. The maximum atomic E-state index is 12.4. The molecule has 2 heterocycles. The predicted octanol–water partition coefficient (Wildman–Crippen LogP) is 1.74. The van der Waals surface area contributed by atoms with Crippen LogP contribution in [0, 0.1) is 0 Å². The van der Waals surface area contributed by atoms with Crippen molar-refractivity contribution in [3.05, 3.63) is 53.0 Å². The van der Waals surface area contributed by atoms with Crippen LogP contribution in [0.1, 0.15) is 0 Å². The topological polar surface area (TPSA) is 122 Å². The predicted molar refractivity (Wildman–Crippen MR) is 98.8 cm³/mol. The Morgan fingerprint density at radius 3 is 2.52 bits per heavy atom. The summed E-state index contributed by atoms with van der Waals surface area (Å²) in [6.07, 6.45) is 1.48. The molecule has 0 saturated carbocycles. The van der Waals surface area contributed by atoms with Crippen molar-refractivity contribution < 1.29 is 18.7 Å². The Bertz CT molecular complexity index is 989. The summed E-state index contributed by atoms with van der Waals surface area (Å²) in [5.74, 6) is 1.01. The van der Waals surface area contributed by atoms with Crippen LogP contribution >= 0.6 is 0 Å². The van der Waals surface area contributed by atoms with E-state index in [1.54, 1.807) is 30.3 Å². The summed E-state index contributed by atoms with van der Waals surface area (Å²) >= 11 is 0. The lowest BCUT2D eigenvalue weighted by molar-refractivity contribution is -0.117. The number of furan rings is 1. The summed E-state index contributed by atoms with van der Waals surface area (Å²) < 4.78 is 16.6.